The Hall–Kier alpha value is -2.33. The highest BCUT2D eigenvalue weighted by atomic mass is 32.2. The van der Waals surface area contributed by atoms with Crippen molar-refractivity contribution in [1.82, 2.24) is 0 Å². The fourth-order valence-corrected chi connectivity index (χ4v) is 4.62. The molecule has 3 aromatic rings. The molecule has 122 valence electrons. The normalized spacial score (nSPS) is 13.9. The summed E-state index contributed by atoms with van der Waals surface area (Å²) in [5.41, 5.74) is 3.12. The van der Waals surface area contributed by atoms with E-state index < -0.39 is 10.0 Å². The molecule has 0 N–H and O–H groups in total. The van der Waals surface area contributed by atoms with Gasteiger partial charge in [-0.2, -0.15) is 0 Å². The summed E-state index contributed by atoms with van der Waals surface area (Å²) < 4.78 is 27.4. The van der Waals surface area contributed by atoms with Gasteiger partial charge in [0, 0.05) is 7.05 Å². The van der Waals surface area contributed by atoms with Crippen molar-refractivity contribution in [3.8, 4) is 0 Å². The molecule has 0 aliphatic heterocycles. The first-order chi connectivity index (χ1) is 11.6. The van der Waals surface area contributed by atoms with Crippen molar-refractivity contribution in [2.45, 2.75) is 24.2 Å². The molecule has 0 saturated heterocycles. The summed E-state index contributed by atoms with van der Waals surface area (Å²) in [6.07, 6.45) is 3.13. The molecule has 1 aliphatic carbocycles. The van der Waals surface area contributed by atoms with Crippen LogP contribution in [0.1, 0.15) is 17.5 Å². The lowest BCUT2D eigenvalue weighted by Gasteiger charge is -2.20. The Morgan fingerprint density at radius 2 is 1.58 bits per heavy atom. The molecule has 0 spiro atoms. The Balaban J connectivity index is 1.75. The van der Waals surface area contributed by atoms with Gasteiger partial charge in [-0.25, -0.2) is 8.42 Å². The second kappa shape index (κ2) is 5.64. The van der Waals surface area contributed by atoms with Crippen molar-refractivity contribution >= 4 is 26.5 Å². The van der Waals surface area contributed by atoms with E-state index in [0.29, 0.717) is 10.6 Å². The van der Waals surface area contributed by atoms with Crippen LogP contribution in [0.25, 0.3) is 10.8 Å². The van der Waals surface area contributed by atoms with Crippen molar-refractivity contribution in [2.75, 3.05) is 11.4 Å². The van der Waals surface area contributed by atoms with Crippen molar-refractivity contribution in [2.24, 2.45) is 0 Å². The third-order valence-corrected chi connectivity index (χ3v) is 6.61. The van der Waals surface area contributed by atoms with Gasteiger partial charge in [-0.15, -0.1) is 0 Å². The Labute approximate surface area is 142 Å². The van der Waals surface area contributed by atoms with Crippen LogP contribution in [-0.2, 0) is 22.9 Å². The van der Waals surface area contributed by atoms with Gasteiger partial charge in [0.15, 0.2) is 0 Å². The molecular weight excluding hydrogens is 318 g/mol. The number of benzene rings is 3. The van der Waals surface area contributed by atoms with Gasteiger partial charge in [0.25, 0.3) is 10.0 Å². The van der Waals surface area contributed by atoms with Crippen LogP contribution in [0.3, 0.4) is 0 Å². The van der Waals surface area contributed by atoms with Gasteiger partial charge < -0.3 is 0 Å². The standard InChI is InChI=1S/C20H19NO2S/c1-21(19-11-9-15-5-2-3-6-17(15)13-19)24(22,23)20-12-10-16-7-4-8-18(16)14-20/h2-3,5-6,9-14H,4,7-8H2,1H3. The molecule has 0 radical (unpaired) electrons. The number of nitrogens with zero attached hydrogens (tertiary/aromatic N) is 1. The topological polar surface area (TPSA) is 37.4 Å². The van der Waals surface area contributed by atoms with Crippen LogP contribution in [-0.4, -0.2) is 15.5 Å². The molecule has 0 unspecified atom stereocenters. The predicted octanol–water partition coefficient (Wildman–Crippen LogP) is 4.15. The Kier molecular flexibility index (Phi) is 3.57. The van der Waals surface area contributed by atoms with Crippen molar-refractivity contribution < 1.29 is 8.42 Å². The maximum Gasteiger partial charge on any atom is 0.264 e. The first-order valence-corrected chi connectivity index (χ1v) is 9.59. The van der Waals surface area contributed by atoms with Crippen molar-refractivity contribution in [3.05, 3.63) is 71.8 Å². The zero-order chi connectivity index (χ0) is 16.7. The van der Waals surface area contributed by atoms with Crippen molar-refractivity contribution in [3.63, 3.8) is 0 Å². The number of anilines is 1. The highest BCUT2D eigenvalue weighted by Gasteiger charge is 2.23. The van der Waals surface area contributed by atoms with Gasteiger partial charge in [0.2, 0.25) is 0 Å². The zero-order valence-electron chi connectivity index (χ0n) is 13.6. The van der Waals surface area contributed by atoms with Crippen LogP contribution < -0.4 is 4.31 Å². The number of aryl methyl sites for hydroxylation is 2. The molecule has 4 rings (SSSR count). The molecule has 0 aromatic heterocycles. The number of sulfonamides is 1. The minimum Gasteiger partial charge on any atom is -0.269 e. The van der Waals surface area contributed by atoms with E-state index >= 15 is 0 Å². The van der Waals surface area contributed by atoms with Crippen LogP contribution in [0.2, 0.25) is 0 Å². The van der Waals surface area contributed by atoms with E-state index in [1.54, 1.807) is 13.1 Å². The monoisotopic (exact) mass is 337 g/mol. The molecule has 4 heteroatoms. The van der Waals surface area contributed by atoms with E-state index in [4.69, 9.17) is 0 Å². The molecule has 0 fully saturated rings. The first kappa shape index (κ1) is 15.2. The molecule has 0 heterocycles. The minimum atomic E-state index is -3.55. The van der Waals surface area contributed by atoms with Gasteiger partial charge in [0.1, 0.15) is 0 Å². The molecule has 3 aromatic carbocycles. The van der Waals surface area contributed by atoms with Crippen LogP contribution >= 0.6 is 0 Å². The van der Waals surface area contributed by atoms with E-state index in [1.165, 1.54) is 15.4 Å². The molecule has 0 atom stereocenters. The van der Waals surface area contributed by atoms with Crippen LogP contribution in [0.15, 0.2) is 65.6 Å². The Morgan fingerprint density at radius 1 is 0.833 bits per heavy atom. The SMILES string of the molecule is CN(c1ccc2ccccc2c1)S(=O)(=O)c1ccc2c(c1)CCC2. The smallest absolute Gasteiger partial charge is 0.264 e. The van der Waals surface area contributed by atoms with E-state index in [9.17, 15) is 8.42 Å². The lowest BCUT2D eigenvalue weighted by atomic mass is 10.1. The summed E-state index contributed by atoms with van der Waals surface area (Å²) in [6.45, 7) is 0. The van der Waals surface area contributed by atoms with E-state index in [1.807, 2.05) is 54.6 Å². The average Bonchev–Trinajstić information content (AvgIpc) is 3.08. The summed E-state index contributed by atoms with van der Waals surface area (Å²) in [5.74, 6) is 0. The number of rotatable bonds is 3. The fourth-order valence-electron chi connectivity index (χ4n) is 3.38. The summed E-state index contributed by atoms with van der Waals surface area (Å²) >= 11 is 0. The van der Waals surface area contributed by atoms with Crippen LogP contribution in [0.4, 0.5) is 5.69 Å². The number of fused-ring (bicyclic) bond motifs is 2. The molecule has 1 aliphatic rings. The summed E-state index contributed by atoms with van der Waals surface area (Å²) in [7, 11) is -1.93. The van der Waals surface area contributed by atoms with Crippen molar-refractivity contribution in [1.29, 1.82) is 0 Å². The second-order valence-corrected chi connectivity index (χ2v) is 8.26. The number of hydrogen-bond donors (Lipinski definition) is 0. The van der Waals surface area contributed by atoms with Gasteiger partial charge in [-0.05, 0) is 65.4 Å². The van der Waals surface area contributed by atoms with Gasteiger partial charge >= 0.3 is 0 Å². The molecule has 24 heavy (non-hydrogen) atoms. The minimum absolute atomic E-state index is 0.374. The van der Waals surface area contributed by atoms with E-state index in [0.717, 1.165) is 30.0 Å². The highest BCUT2D eigenvalue weighted by Crippen LogP contribution is 2.29. The van der Waals surface area contributed by atoms with E-state index in [2.05, 4.69) is 0 Å². The lowest BCUT2D eigenvalue weighted by molar-refractivity contribution is 0.594. The third-order valence-electron chi connectivity index (χ3n) is 4.83. The Morgan fingerprint density at radius 3 is 2.42 bits per heavy atom. The maximum absolute atomic E-state index is 13.0. The predicted molar refractivity (Wildman–Crippen MR) is 98.0 cm³/mol. The van der Waals surface area contributed by atoms with Gasteiger partial charge in [0.05, 0.1) is 10.6 Å². The van der Waals surface area contributed by atoms with Gasteiger partial charge in [-0.3, -0.25) is 4.31 Å². The van der Waals surface area contributed by atoms with Crippen LogP contribution in [0.5, 0.6) is 0 Å². The summed E-state index contributed by atoms with van der Waals surface area (Å²) in [4.78, 5) is 0.374. The first-order valence-electron chi connectivity index (χ1n) is 8.15. The largest absolute Gasteiger partial charge is 0.269 e. The molecule has 0 saturated carbocycles. The molecule has 3 nitrogen and oxygen atoms in total. The molecule has 0 bridgehead atoms. The molecular formula is C20H19NO2S. The quantitative estimate of drug-likeness (QED) is 0.720. The van der Waals surface area contributed by atoms with Gasteiger partial charge in [-0.1, -0.05) is 36.4 Å². The van der Waals surface area contributed by atoms with Crippen LogP contribution in [0, 0.1) is 0 Å². The second-order valence-electron chi connectivity index (χ2n) is 6.29. The lowest BCUT2D eigenvalue weighted by Crippen LogP contribution is -2.26. The molecule has 0 amide bonds. The summed E-state index contributed by atoms with van der Waals surface area (Å²) in [5, 5.41) is 2.13. The fraction of sp³-hybridized carbons (Fsp3) is 0.200. The maximum atomic E-state index is 13.0. The Bertz CT molecular complexity index is 1020. The van der Waals surface area contributed by atoms with E-state index in [-0.39, 0.29) is 0 Å². The highest BCUT2D eigenvalue weighted by molar-refractivity contribution is 7.92. The third kappa shape index (κ3) is 2.47. The number of hydrogen-bond acceptors (Lipinski definition) is 2. The summed E-state index contributed by atoms with van der Waals surface area (Å²) in [6, 6.07) is 19.2. The average molecular weight is 337 g/mol. The zero-order valence-corrected chi connectivity index (χ0v) is 14.4.